The third kappa shape index (κ3) is 5.72. The summed E-state index contributed by atoms with van der Waals surface area (Å²) in [6.45, 7) is 7.80. The van der Waals surface area contributed by atoms with E-state index in [0.717, 1.165) is 11.4 Å². The highest BCUT2D eigenvalue weighted by atomic mass is 35.5. The number of rotatable bonds is 9. The maximum Gasteiger partial charge on any atom is 0.233 e. The fraction of sp³-hybridized carbons (Fsp3) is 0.500. The number of aromatic nitrogens is 3. The molecule has 0 aliphatic carbocycles. The first-order chi connectivity index (χ1) is 12.4. The number of carbonyl (C=O) groups is 1. The van der Waals surface area contributed by atoms with Gasteiger partial charge in [0.15, 0.2) is 11.0 Å². The van der Waals surface area contributed by atoms with Gasteiger partial charge < -0.3 is 10.1 Å². The van der Waals surface area contributed by atoms with E-state index in [1.165, 1.54) is 11.8 Å². The summed E-state index contributed by atoms with van der Waals surface area (Å²) in [5.74, 6) is 1.15. The van der Waals surface area contributed by atoms with Crippen LogP contribution in [0.1, 0.15) is 20.8 Å². The fourth-order valence-electron chi connectivity index (χ4n) is 2.23. The van der Waals surface area contributed by atoms with Crippen LogP contribution in [0.2, 0.25) is 5.02 Å². The number of nitrogens with one attached hydrogen (secondary N) is 1. The van der Waals surface area contributed by atoms with E-state index in [9.17, 15) is 4.79 Å². The Morgan fingerprint density at radius 2 is 1.96 bits per heavy atom. The minimum absolute atomic E-state index is 0.00182. The van der Waals surface area contributed by atoms with Crippen LogP contribution in [-0.4, -0.2) is 46.2 Å². The van der Waals surface area contributed by atoms with Crippen LogP contribution in [0.4, 0.5) is 0 Å². The van der Waals surface area contributed by atoms with Gasteiger partial charge in [0.2, 0.25) is 5.91 Å². The van der Waals surface area contributed by atoms with Crippen molar-refractivity contribution in [1.82, 2.24) is 20.1 Å². The molecule has 0 spiro atoms. The summed E-state index contributed by atoms with van der Waals surface area (Å²) < 4.78 is 7.19. The van der Waals surface area contributed by atoms with Crippen molar-refractivity contribution in [3.8, 4) is 11.4 Å². The molecular weight excluding hydrogens is 372 g/mol. The smallest absolute Gasteiger partial charge is 0.233 e. The standard InChI is InChI=1S/C18H25ClN4O2S/c1-12(2)11-20-17(24)13(3)26-18-22-21-16(23(18)9-10-25-4)14-5-7-15(19)8-6-14/h5-8,12-13H,9-11H2,1-4H3,(H,20,24)/t13-/m1/s1. The Hall–Kier alpha value is -1.57. The van der Waals surface area contributed by atoms with Gasteiger partial charge >= 0.3 is 0 Å². The van der Waals surface area contributed by atoms with E-state index in [2.05, 4.69) is 29.4 Å². The number of ether oxygens (including phenoxy) is 1. The summed E-state index contributed by atoms with van der Waals surface area (Å²) in [5.41, 5.74) is 0.918. The fourth-order valence-corrected chi connectivity index (χ4v) is 3.26. The lowest BCUT2D eigenvalue weighted by atomic mass is 10.2. The molecule has 0 radical (unpaired) electrons. The molecule has 0 aliphatic heterocycles. The third-order valence-electron chi connectivity index (χ3n) is 3.67. The molecule has 1 N–H and O–H groups in total. The lowest BCUT2D eigenvalue weighted by molar-refractivity contribution is -0.120. The van der Waals surface area contributed by atoms with E-state index in [1.54, 1.807) is 7.11 Å². The first kappa shape index (κ1) is 20.7. The molecule has 1 atom stereocenters. The van der Waals surface area contributed by atoms with Gasteiger partial charge in [0.1, 0.15) is 0 Å². The monoisotopic (exact) mass is 396 g/mol. The van der Waals surface area contributed by atoms with Crippen molar-refractivity contribution in [2.24, 2.45) is 5.92 Å². The SMILES string of the molecule is COCCn1c(S[C@H](C)C(=O)NCC(C)C)nnc1-c1ccc(Cl)cc1. The van der Waals surface area contributed by atoms with Crippen LogP contribution >= 0.6 is 23.4 Å². The molecular formula is C18H25ClN4O2S. The van der Waals surface area contributed by atoms with Crippen LogP contribution < -0.4 is 5.32 Å². The normalized spacial score (nSPS) is 12.4. The van der Waals surface area contributed by atoms with Crippen molar-refractivity contribution < 1.29 is 9.53 Å². The van der Waals surface area contributed by atoms with Crippen LogP contribution in [0, 0.1) is 5.92 Å². The molecule has 1 aromatic carbocycles. The molecule has 1 aromatic heterocycles. The van der Waals surface area contributed by atoms with Crippen molar-refractivity contribution >= 4 is 29.3 Å². The second-order valence-corrected chi connectivity index (χ2v) is 8.10. The zero-order chi connectivity index (χ0) is 19.1. The van der Waals surface area contributed by atoms with Gasteiger partial charge in [-0.25, -0.2) is 0 Å². The molecule has 2 rings (SSSR count). The summed E-state index contributed by atoms with van der Waals surface area (Å²) >= 11 is 7.37. The van der Waals surface area contributed by atoms with E-state index >= 15 is 0 Å². The summed E-state index contributed by atoms with van der Waals surface area (Å²) in [5, 5.41) is 12.7. The highest BCUT2D eigenvalue weighted by Gasteiger charge is 2.20. The van der Waals surface area contributed by atoms with Crippen molar-refractivity contribution in [1.29, 1.82) is 0 Å². The topological polar surface area (TPSA) is 69.0 Å². The van der Waals surface area contributed by atoms with E-state index in [4.69, 9.17) is 16.3 Å². The van der Waals surface area contributed by atoms with E-state index < -0.39 is 0 Å². The van der Waals surface area contributed by atoms with E-state index in [1.807, 2.05) is 35.8 Å². The number of halogens is 1. The van der Waals surface area contributed by atoms with Crippen LogP contribution in [0.15, 0.2) is 29.4 Å². The molecule has 1 heterocycles. The van der Waals surface area contributed by atoms with Gasteiger partial charge in [-0.05, 0) is 37.1 Å². The average molecular weight is 397 g/mol. The maximum atomic E-state index is 12.3. The quantitative estimate of drug-likeness (QED) is 0.657. The van der Waals surface area contributed by atoms with Crippen molar-refractivity contribution in [2.75, 3.05) is 20.3 Å². The molecule has 26 heavy (non-hydrogen) atoms. The van der Waals surface area contributed by atoms with E-state index in [-0.39, 0.29) is 11.2 Å². The number of hydrogen-bond donors (Lipinski definition) is 1. The Labute approximate surface area is 163 Å². The average Bonchev–Trinajstić information content (AvgIpc) is 3.00. The zero-order valence-electron chi connectivity index (χ0n) is 15.5. The molecule has 0 aliphatic rings. The highest BCUT2D eigenvalue weighted by molar-refractivity contribution is 8.00. The molecule has 0 saturated carbocycles. The molecule has 8 heteroatoms. The molecule has 142 valence electrons. The first-order valence-corrected chi connectivity index (χ1v) is 9.80. The third-order valence-corrected chi connectivity index (χ3v) is 5.01. The van der Waals surface area contributed by atoms with Crippen molar-refractivity contribution in [3.05, 3.63) is 29.3 Å². The Balaban J connectivity index is 2.19. The van der Waals surface area contributed by atoms with Crippen molar-refractivity contribution in [3.63, 3.8) is 0 Å². The van der Waals surface area contributed by atoms with Crippen LogP contribution in [0.3, 0.4) is 0 Å². The number of nitrogens with zero attached hydrogens (tertiary/aromatic N) is 3. The summed E-state index contributed by atoms with van der Waals surface area (Å²) in [4.78, 5) is 12.3. The summed E-state index contributed by atoms with van der Waals surface area (Å²) in [6, 6.07) is 7.45. The number of benzene rings is 1. The van der Waals surface area contributed by atoms with Gasteiger partial charge in [-0.1, -0.05) is 37.2 Å². The predicted octanol–water partition coefficient (Wildman–Crippen LogP) is 3.50. The van der Waals surface area contributed by atoms with Crippen LogP contribution in [0.25, 0.3) is 11.4 Å². The molecule has 1 amide bonds. The van der Waals surface area contributed by atoms with Crippen molar-refractivity contribution in [2.45, 2.75) is 37.7 Å². The molecule has 0 fully saturated rings. The van der Waals surface area contributed by atoms with Gasteiger partial charge in [0.25, 0.3) is 0 Å². The second-order valence-electron chi connectivity index (χ2n) is 6.36. The Morgan fingerprint density at radius 1 is 1.27 bits per heavy atom. The van der Waals surface area contributed by atoms with Gasteiger partial charge in [-0.2, -0.15) is 0 Å². The number of thioether (sulfide) groups is 1. The molecule has 0 bridgehead atoms. The molecule has 6 nitrogen and oxygen atoms in total. The number of amides is 1. The number of hydrogen-bond acceptors (Lipinski definition) is 5. The van der Waals surface area contributed by atoms with Gasteiger partial charge in [0, 0.05) is 24.2 Å². The molecule has 0 unspecified atom stereocenters. The Bertz CT molecular complexity index is 718. The minimum Gasteiger partial charge on any atom is -0.383 e. The number of carbonyl (C=O) groups excluding carboxylic acids is 1. The lowest BCUT2D eigenvalue weighted by Crippen LogP contribution is -2.33. The predicted molar refractivity (Wildman–Crippen MR) is 106 cm³/mol. The maximum absolute atomic E-state index is 12.3. The summed E-state index contributed by atoms with van der Waals surface area (Å²) in [6.07, 6.45) is 0. The van der Waals surface area contributed by atoms with Gasteiger partial charge in [0.05, 0.1) is 18.4 Å². The first-order valence-electron chi connectivity index (χ1n) is 8.54. The second kappa shape index (κ2) is 9.94. The van der Waals surface area contributed by atoms with Gasteiger partial charge in [-0.15, -0.1) is 10.2 Å². The minimum atomic E-state index is -0.266. The highest BCUT2D eigenvalue weighted by Crippen LogP contribution is 2.27. The summed E-state index contributed by atoms with van der Waals surface area (Å²) in [7, 11) is 1.65. The Morgan fingerprint density at radius 3 is 2.58 bits per heavy atom. The lowest BCUT2D eigenvalue weighted by Gasteiger charge is -2.14. The number of methoxy groups -OCH3 is 1. The Kier molecular flexibility index (Phi) is 7.93. The zero-order valence-corrected chi connectivity index (χ0v) is 17.1. The molecule has 2 aromatic rings. The van der Waals surface area contributed by atoms with Gasteiger partial charge in [-0.3, -0.25) is 9.36 Å². The largest absolute Gasteiger partial charge is 0.383 e. The van der Waals surface area contributed by atoms with Crippen LogP contribution in [-0.2, 0) is 16.1 Å². The van der Waals surface area contributed by atoms with Crippen LogP contribution in [0.5, 0.6) is 0 Å². The molecule has 0 saturated heterocycles. The van der Waals surface area contributed by atoms with E-state index in [0.29, 0.717) is 35.8 Å².